The standard InChI is InChI=1S/C18H20O2/c1-2-4-9-14(8-3-1)18-19-16-12-11-13-7-5-6-10-15(13)17(16)20-18/h5-7,10-12,14,18H,1-4,8-9H2. The zero-order valence-electron chi connectivity index (χ0n) is 11.7. The average Bonchev–Trinajstić information content (AvgIpc) is 2.74. The second-order valence-corrected chi connectivity index (χ2v) is 5.97. The summed E-state index contributed by atoms with van der Waals surface area (Å²) in [7, 11) is 0. The van der Waals surface area contributed by atoms with Crippen molar-refractivity contribution in [2.45, 2.75) is 44.8 Å². The van der Waals surface area contributed by atoms with Crippen LogP contribution >= 0.6 is 0 Å². The molecule has 0 radical (unpaired) electrons. The molecule has 1 saturated carbocycles. The van der Waals surface area contributed by atoms with E-state index < -0.39 is 0 Å². The van der Waals surface area contributed by atoms with Gasteiger partial charge >= 0.3 is 0 Å². The summed E-state index contributed by atoms with van der Waals surface area (Å²) in [6, 6.07) is 12.5. The van der Waals surface area contributed by atoms with Crippen LogP contribution in [-0.2, 0) is 0 Å². The number of fused-ring (bicyclic) bond motifs is 3. The van der Waals surface area contributed by atoms with Gasteiger partial charge in [-0.25, -0.2) is 0 Å². The number of hydrogen-bond donors (Lipinski definition) is 0. The van der Waals surface area contributed by atoms with E-state index in [-0.39, 0.29) is 6.29 Å². The molecule has 2 aromatic carbocycles. The Kier molecular flexibility index (Phi) is 3.02. The van der Waals surface area contributed by atoms with Crippen molar-refractivity contribution in [1.82, 2.24) is 0 Å². The van der Waals surface area contributed by atoms with Crippen molar-refractivity contribution in [3.05, 3.63) is 36.4 Å². The Morgan fingerprint density at radius 2 is 1.60 bits per heavy atom. The van der Waals surface area contributed by atoms with Gasteiger partial charge in [0.2, 0.25) is 6.29 Å². The maximum absolute atomic E-state index is 6.19. The summed E-state index contributed by atoms with van der Waals surface area (Å²) in [6.45, 7) is 0. The fourth-order valence-electron chi connectivity index (χ4n) is 3.48. The van der Waals surface area contributed by atoms with E-state index in [9.17, 15) is 0 Å². The SMILES string of the molecule is c1ccc2c3c(ccc2c1)OC(C1CCCCCC1)O3. The van der Waals surface area contributed by atoms with Crippen LogP contribution in [0, 0.1) is 5.92 Å². The first-order chi connectivity index (χ1) is 9.92. The summed E-state index contributed by atoms with van der Waals surface area (Å²) >= 11 is 0. The monoisotopic (exact) mass is 268 g/mol. The Morgan fingerprint density at radius 3 is 2.45 bits per heavy atom. The molecule has 0 aromatic heterocycles. The lowest BCUT2D eigenvalue weighted by Crippen LogP contribution is -2.28. The van der Waals surface area contributed by atoms with E-state index in [1.165, 1.54) is 49.3 Å². The second-order valence-electron chi connectivity index (χ2n) is 5.97. The lowest BCUT2D eigenvalue weighted by atomic mass is 10.00. The highest BCUT2D eigenvalue weighted by Gasteiger charge is 2.33. The second kappa shape index (κ2) is 5.01. The van der Waals surface area contributed by atoms with Crippen LogP contribution in [0.2, 0.25) is 0 Å². The summed E-state index contributed by atoms with van der Waals surface area (Å²) < 4.78 is 12.3. The molecular weight excluding hydrogens is 248 g/mol. The highest BCUT2D eigenvalue weighted by molar-refractivity contribution is 5.91. The van der Waals surface area contributed by atoms with Crippen LogP contribution in [0.15, 0.2) is 36.4 Å². The van der Waals surface area contributed by atoms with Gasteiger partial charge in [0, 0.05) is 11.3 Å². The molecule has 0 bridgehead atoms. The summed E-state index contributed by atoms with van der Waals surface area (Å²) in [4.78, 5) is 0. The third kappa shape index (κ3) is 2.04. The van der Waals surface area contributed by atoms with E-state index in [2.05, 4.69) is 30.3 Å². The predicted octanol–water partition coefficient (Wildman–Crippen LogP) is 4.91. The molecule has 1 aliphatic heterocycles. The van der Waals surface area contributed by atoms with Gasteiger partial charge in [-0.05, 0) is 24.3 Å². The Bertz CT molecular complexity index is 612. The summed E-state index contributed by atoms with van der Waals surface area (Å²) in [5, 5.41) is 2.39. The first-order valence-electron chi connectivity index (χ1n) is 7.77. The van der Waals surface area contributed by atoms with Crippen molar-refractivity contribution in [3.8, 4) is 11.5 Å². The third-order valence-electron chi connectivity index (χ3n) is 4.61. The minimum Gasteiger partial charge on any atom is -0.451 e. The average molecular weight is 268 g/mol. The van der Waals surface area contributed by atoms with Gasteiger partial charge in [-0.1, -0.05) is 56.0 Å². The molecule has 1 aliphatic carbocycles. The van der Waals surface area contributed by atoms with Gasteiger partial charge in [0.25, 0.3) is 0 Å². The molecule has 0 saturated heterocycles. The zero-order valence-corrected chi connectivity index (χ0v) is 11.7. The molecule has 2 heteroatoms. The lowest BCUT2D eigenvalue weighted by molar-refractivity contribution is -0.00904. The summed E-state index contributed by atoms with van der Waals surface area (Å²) in [6.07, 6.45) is 7.73. The number of hydrogen-bond acceptors (Lipinski definition) is 2. The summed E-state index contributed by atoms with van der Waals surface area (Å²) in [5.41, 5.74) is 0. The maximum atomic E-state index is 6.19. The number of rotatable bonds is 1. The molecule has 4 rings (SSSR count). The number of benzene rings is 2. The fraction of sp³-hybridized carbons (Fsp3) is 0.444. The van der Waals surface area contributed by atoms with Crippen LogP contribution in [0.5, 0.6) is 11.5 Å². The van der Waals surface area contributed by atoms with Crippen LogP contribution in [0.25, 0.3) is 10.8 Å². The van der Waals surface area contributed by atoms with Gasteiger partial charge in [0.1, 0.15) is 0 Å². The molecule has 0 N–H and O–H groups in total. The Balaban J connectivity index is 1.64. The zero-order chi connectivity index (χ0) is 13.4. The summed E-state index contributed by atoms with van der Waals surface area (Å²) in [5.74, 6) is 2.40. The highest BCUT2D eigenvalue weighted by Crippen LogP contribution is 2.44. The molecule has 2 aromatic rings. The lowest BCUT2D eigenvalue weighted by Gasteiger charge is -2.20. The van der Waals surface area contributed by atoms with Crippen molar-refractivity contribution in [2.75, 3.05) is 0 Å². The predicted molar refractivity (Wildman–Crippen MR) is 80.2 cm³/mol. The highest BCUT2D eigenvalue weighted by atomic mass is 16.7. The molecule has 1 heterocycles. The molecule has 1 fully saturated rings. The third-order valence-corrected chi connectivity index (χ3v) is 4.61. The Hall–Kier alpha value is -1.70. The van der Waals surface area contributed by atoms with Crippen molar-refractivity contribution < 1.29 is 9.47 Å². The topological polar surface area (TPSA) is 18.5 Å². The van der Waals surface area contributed by atoms with Crippen molar-refractivity contribution in [1.29, 1.82) is 0 Å². The molecule has 2 aliphatic rings. The van der Waals surface area contributed by atoms with Crippen LogP contribution < -0.4 is 9.47 Å². The van der Waals surface area contributed by atoms with Crippen LogP contribution in [0.3, 0.4) is 0 Å². The normalized spacial score (nSPS) is 22.9. The minimum absolute atomic E-state index is 0.0751. The van der Waals surface area contributed by atoms with E-state index in [1.807, 2.05) is 6.07 Å². The smallest absolute Gasteiger partial charge is 0.244 e. The number of ether oxygens (including phenoxy) is 2. The largest absolute Gasteiger partial charge is 0.451 e. The molecule has 0 amide bonds. The van der Waals surface area contributed by atoms with Crippen LogP contribution in [0.4, 0.5) is 0 Å². The van der Waals surface area contributed by atoms with Crippen LogP contribution in [0.1, 0.15) is 38.5 Å². The maximum Gasteiger partial charge on any atom is 0.244 e. The quantitative estimate of drug-likeness (QED) is 0.684. The molecule has 2 nitrogen and oxygen atoms in total. The Labute approximate surface area is 119 Å². The minimum atomic E-state index is -0.0751. The molecule has 104 valence electrons. The first kappa shape index (κ1) is 12.1. The van der Waals surface area contributed by atoms with Crippen LogP contribution in [-0.4, -0.2) is 6.29 Å². The van der Waals surface area contributed by atoms with Crippen molar-refractivity contribution in [3.63, 3.8) is 0 Å². The molecular formula is C18H20O2. The van der Waals surface area contributed by atoms with E-state index in [0.717, 1.165) is 11.5 Å². The van der Waals surface area contributed by atoms with E-state index in [1.54, 1.807) is 0 Å². The molecule has 0 spiro atoms. The van der Waals surface area contributed by atoms with E-state index in [0.29, 0.717) is 5.92 Å². The van der Waals surface area contributed by atoms with E-state index in [4.69, 9.17) is 9.47 Å². The molecule has 20 heavy (non-hydrogen) atoms. The fourth-order valence-corrected chi connectivity index (χ4v) is 3.48. The van der Waals surface area contributed by atoms with Gasteiger partial charge in [-0.2, -0.15) is 0 Å². The Morgan fingerprint density at radius 1 is 0.800 bits per heavy atom. The van der Waals surface area contributed by atoms with Crippen molar-refractivity contribution >= 4 is 10.8 Å². The van der Waals surface area contributed by atoms with Gasteiger partial charge < -0.3 is 9.47 Å². The first-order valence-corrected chi connectivity index (χ1v) is 7.77. The van der Waals surface area contributed by atoms with Gasteiger partial charge in [0.15, 0.2) is 11.5 Å². The van der Waals surface area contributed by atoms with Crippen molar-refractivity contribution in [2.24, 2.45) is 5.92 Å². The molecule has 1 unspecified atom stereocenters. The van der Waals surface area contributed by atoms with Gasteiger partial charge in [-0.3, -0.25) is 0 Å². The molecule has 1 atom stereocenters. The van der Waals surface area contributed by atoms with Gasteiger partial charge in [0.05, 0.1) is 0 Å². The van der Waals surface area contributed by atoms with Gasteiger partial charge in [-0.15, -0.1) is 0 Å². The van der Waals surface area contributed by atoms with E-state index >= 15 is 0 Å².